The van der Waals surface area contributed by atoms with Gasteiger partial charge in [0.1, 0.15) is 5.02 Å². The number of nitrogens with zero attached hydrogens (tertiary/aromatic N) is 2. The van der Waals surface area contributed by atoms with Gasteiger partial charge in [-0.1, -0.05) is 31.4 Å². The molecule has 7 nitrogen and oxygen atoms in total. The molecule has 0 aromatic carbocycles. The van der Waals surface area contributed by atoms with Gasteiger partial charge in [-0.05, 0) is 18.8 Å². The van der Waals surface area contributed by atoms with Crippen LogP contribution in [0.25, 0.3) is 0 Å². The van der Waals surface area contributed by atoms with E-state index in [-0.39, 0.29) is 23.0 Å². The minimum atomic E-state index is -0.396. The molecule has 2 amide bonds. The summed E-state index contributed by atoms with van der Waals surface area (Å²) in [4.78, 5) is 25.7. The Morgan fingerprint density at radius 2 is 2.09 bits per heavy atom. The first-order valence-corrected chi connectivity index (χ1v) is 8.47. The Bertz CT molecular complexity index is 629. The number of carbonyl (C=O) groups excluding carboxylic acids is 1. The number of rotatable bonds is 3. The molecular formula is C15H22ClN5O2. The maximum atomic E-state index is 12.1. The van der Waals surface area contributed by atoms with Crippen LogP contribution in [0.15, 0.2) is 11.0 Å². The fourth-order valence-electron chi connectivity index (χ4n) is 3.41. The number of H-pyrrole nitrogens is 1. The molecular weight excluding hydrogens is 318 g/mol. The minimum absolute atomic E-state index is 0.0201. The van der Waals surface area contributed by atoms with Crippen molar-refractivity contribution < 1.29 is 4.79 Å². The molecule has 8 heteroatoms. The molecule has 126 valence electrons. The molecule has 0 unspecified atom stereocenters. The van der Waals surface area contributed by atoms with Gasteiger partial charge in [-0.25, -0.2) is 9.89 Å². The Morgan fingerprint density at radius 3 is 2.83 bits per heavy atom. The number of amides is 2. The van der Waals surface area contributed by atoms with E-state index in [2.05, 4.69) is 27.8 Å². The molecule has 23 heavy (non-hydrogen) atoms. The van der Waals surface area contributed by atoms with Gasteiger partial charge >= 0.3 is 6.03 Å². The molecule has 0 spiro atoms. The zero-order chi connectivity index (χ0) is 16.4. The summed E-state index contributed by atoms with van der Waals surface area (Å²) in [6.45, 7) is 3.42. The normalized spacial score (nSPS) is 24.9. The van der Waals surface area contributed by atoms with E-state index in [9.17, 15) is 9.59 Å². The lowest BCUT2D eigenvalue weighted by atomic mass is 10.1. The highest BCUT2D eigenvalue weighted by atomic mass is 35.5. The van der Waals surface area contributed by atoms with Gasteiger partial charge in [0.15, 0.2) is 0 Å². The van der Waals surface area contributed by atoms with Crippen molar-refractivity contribution in [3.05, 3.63) is 21.6 Å². The quantitative estimate of drug-likeness (QED) is 0.778. The third-order valence-corrected chi connectivity index (χ3v) is 5.10. The second kappa shape index (κ2) is 6.78. The van der Waals surface area contributed by atoms with Gasteiger partial charge in [-0.2, -0.15) is 5.10 Å². The van der Waals surface area contributed by atoms with Crippen LogP contribution in [0, 0.1) is 5.92 Å². The average Bonchev–Trinajstić information content (AvgIpc) is 3.13. The lowest BCUT2D eigenvalue weighted by molar-refractivity contribution is 0.231. The minimum Gasteiger partial charge on any atom is -0.366 e. The lowest BCUT2D eigenvalue weighted by Crippen LogP contribution is -2.48. The van der Waals surface area contributed by atoms with E-state index in [0.717, 1.165) is 19.4 Å². The first-order chi connectivity index (χ1) is 11.0. The number of carbonyl (C=O) groups is 1. The van der Waals surface area contributed by atoms with Crippen LogP contribution < -0.4 is 21.1 Å². The van der Waals surface area contributed by atoms with Crippen LogP contribution in [0.2, 0.25) is 5.02 Å². The Hall–Kier alpha value is -1.76. The van der Waals surface area contributed by atoms with Gasteiger partial charge in [0.05, 0.1) is 17.9 Å². The Balaban J connectivity index is 1.60. The van der Waals surface area contributed by atoms with Crippen molar-refractivity contribution in [2.24, 2.45) is 5.92 Å². The van der Waals surface area contributed by atoms with Gasteiger partial charge in [-0.3, -0.25) is 4.79 Å². The molecule has 1 saturated carbocycles. The van der Waals surface area contributed by atoms with Gasteiger partial charge in [-0.15, -0.1) is 0 Å². The number of halogens is 1. The number of aromatic amines is 1. The molecule has 2 fully saturated rings. The molecule has 3 N–H and O–H groups in total. The highest BCUT2D eigenvalue weighted by Gasteiger charge is 2.32. The summed E-state index contributed by atoms with van der Waals surface area (Å²) in [5, 5.41) is 12.3. The third-order valence-electron chi connectivity index (χ3n) is 4.74. The van der Waals surface area contributed by atoms with Crippen molar-refractivity contribution in [3.8, 4) is 0 Å². The summed E-state index contributed by atoms with van der Waals surface area (Å²) >= 11 is 6.06. The van der Waals surface area contributed by atoms with Crippen LogP contribution in [0.5, 0.6) is 0 Å². The number of aromatic nitrogens is 2. The monoisotopic (exact) mass is 339 g/mol. The Morgan fingerprint density at radius 1 is 1.35 bits per heavy atom. The number of nitrogens with one attached hydrogen (secondary N) is 3. The molecule has 1 aliphatic carbocycles. The summed E-state index contributed by atoms with van der Waals surface area (Å²) in [5.74, 6) is 0.264. The molecule has 0 bridgehead atoms. The van der Waals surface area contributed by atoms with Gasteiger partial charge in [0.2, 0.25) is 0 Å². The molecule has 1 aromatic rings. The zero-order valence-corrected chi connectivity index (χ0v) is 13.9. The fourth-order valence-corrected chi connectivity index (χ4v) is 3.62. The maximum absolute atomic E-state index is 12.1. The summed E-state index contributed by atoms with van der Waals surface area (Å²) < 4.78 is 0. The van der Waals surface area contributed by atoms with Crippen LogP contribution in [-0.4, -0.2) is 41.4 Å². The van der Waals surface area contributed by atoms with E-state index in [1.807, 2.05) is 4.90 Å². The average molecular weight is 340 g/mol. The predicted octanol–water partition coefficient (Wildman–Crippen LogP) is 1.49. The van der Waals surface area contributed by atoms with E-state index < -0.39 is 5.56 Å². The third kappa shape index (κ3) is 3.60. The zero-order valence-electron chi connectivity index (χ0n) is 13.1. The largest absolute Gasteiger partial charge is 0.366 e. The molecule has 1 saturated heterocycles. The second-order valence-electron chi connectivity index (χ2n) is 6.49. The predicted molar refractivity (Wildman–Crippen MR) is 89.0 cm³/mol. The van der Waals surface area contributed by atoms with Crippen molar-refractivity contribution in [2.75, 3.05) is 18.0 Å². The van der Waals surface area contributed by atoms with Crippen molar-refractivity contribution >= 4 is 23.3 Å². The van der Waals surface area contributed by atoms with Gasteiger partial charge in [0, 0.05) is 19.1 Å². The molecule has 0 radical (unpaired) electrons. The van der Waals surface area contributed by atoms with Crippen LogP contribution >= 0.6 is 11.6 Å². The Kier molecular flexibility index (Phi) is 4.75. The van der Waals surface area contributed by atoms with E-state index in [1.54, 1.807) is 6.20 Å². The van der Waals surface area contributed by atoms with E-state index in [1.165, 1.54) is 12.8 Å². The van der Waals surface area contributed by atoms with Crippen molar-refractivity contribution in [3.63, 3.8) is 0 Å². The number of hydrogen-bond acceptors (Lipinski definition) is 4. The van der Waals surface area contributed by atoms with Crippen molar-refractivity contribution in [1.29, 1.82) is 0 Å². The van der Waals surface area contributed by atoms with E-state index in [4.69, 9.17) is 11.6 Å². The summed E-state index contributed by atoms with van der Waals surface area (Å²) in [7, 11) is 0. The second-order valence-corrected chi connectivity index (χ2v) is 6.86. The van der Waals surface area contributed by atoms with Crippen molar-refractivity contribution in [2.45, 2.75) is 44.7 Å². The molecule has 2 heterocycles. The molecule has 2 atom stereocenters. The van der Waals surface area contributed by atoms with Crippen molar-refractivity contribution in [1.82, 2.24) is 20.8 Å². The van der Waals surface area contributed by atoms with Gasteiger partial charge in [0.25, 0.3) is 5.56 Å². The summed E-state index contributed by atoms with van der Waals surface area (Å²) in [6, 6.07) is 0.214. The molecule has 1 aromatic heterocycles. The van der Waals surface area contributed by atoms with Crippen LogP contribution in [0.3, 0.4) is 0 Å². The first kappa shape index (κ1) is 16.1. The van der Waals surface area contributed by atoms with Crippen LogP contribution in [0.4, 0.5) is 10.5 Å². The van der Waals surface area contributed by atoms with E-state index in [0.29, 0.717) is 18.3 Å². The topological polar surface area (TPSA) is 90.1 Å². The summed E-state index contributed by atoms with van der Waals surface area (Å²) in [6.07, 6.45) is 6.05. The number of hydrogen-bond donors (Lipinski definition) is 3. The first-order valence-electron chi connectivity index (χ1n) is 8.09. The van der Waals surface area contributed by atoms with Crippen LogP contribution in [0.1, 0.15) is 32.6 Å². The molecule has 3 rings (SSSR count). The summed E-state index contributed by atoms with van der Waals surface area (Å²) in [5.41, 5.74) is 0.218. The highest BCUT2D eigenvalue weighted by Crippen LogP contribution is 2.27. The lowest BCUT2D eigenvalue weighted by Gasteiger charge is -2.20. The van der Waals surface area contributed by atoms with Crippen LogP contribution in [-0.2, 0) is 0 Å². The smallest absolute Gasteiger partial charge is 0.315 e. The Labute approximate surface area is 139 Å². The molecule has 1 aliphatic heterocycles. The highest BCUT2D eigenvalue weighted by molar-refractivity contribution is 6.33. The van der Waals surface area contributed by atoms with E-state index >= 15 is 0 Å². The fraction of sp³-hybridized carbons (Fsp3) is 0.667. The number of anilines is 1. The maximum Gasteiger partial charge on any atom is 0.315 e. The van der Waals surface area contributed by atoms with Gasteiger partial charge < -0.3 is 15.5 Å². The number of urea groups is 1. The standard InChI is InChI=1S/C15H22ClN5O2/c1-9-7-21(12-6-17-20-14(22)13(12)16)8-11(9)19-15(23)18-10-4-2-3-5-10/h6,9-11H,2-5,7-8H2,1H3,(H,20,22)(H2,18,19,23)/t9-,11-/m0/s1. The SMILES string of the molecule is C[C@H]1CN(c2cn[nH]c(=O)c2Cl)C[C@@H]1NC(=O)NC1CCCC1. The molecule has 2 aliphatic rings.